The quantitative estimate of drug-likeness (QED) is 0.912. The maximum absolute atomic E-state index is 12.1. The van der Waals surface area contributed by atoms with Gasteiger partial charge in [-0.3, -0.25) is 4.79 Å². The number of nitrogens with one attached hydrogen (secondary N) is 1. The van der Waals surface area contributed by atoms with Crippen molar-refractivity contribution in [1.82, 2.24) is 5.32 Å². The fraction of sp³-hybridized carbons (Fsp3) is 0.500. The van der Waals surface area contributed by atoms with Gasteiger partial charge in [0.05, 0.1) is 0 Å². The van der Waals surface area contributed by atoms with E-state index in [1.165, 1.54) is 12.8 Å². The van der Waals surface area contributed by atoms with Crippen LogP contribution >= 0.6 is 23.4 Å². The standard InChI is InChI=1S/C14H18ClNOS/c1-2-18-13-8-4-7-12(13)16-14(17)10-5-3-6-11(15)9-10/h3,5-6,9,12-13H,2,4,7-8H2,1H3,(H,16,17)/t12-,13-/m1/s1. The fourth-order valence-corrected chi connectivity index (χ4v) is 3.77. The van der Waals surface area contributed by atoms with E-state index in [9.17, 15) is 4.79 Å². The van der Waals surface area contributed by atoms with E-state index in [4.69, 9.17) is 11.6 Å². The van der Waals surface area contributed by atoms with Gasteiger partial charge in [0.1, 0.15) is 0 Å². The zero-order chi connectivity index (χ0) is 13.0. The molecule has 2 nitrogen and oxygen atoms in total. The monoisotopic (exact) mass is 283 g/mol. The van der Waals surface area contributed by atoms with Crippen molar-refractivity contribution >= 4 is 29.3 Å². The maximum atomic E-state index is 12.1. The minimum absolute atomic E-state index is 0.00824. The van der Waals surface area contributed by atoms with Gasteiger partial charge in [-0.1, -0.05) is 31.0 Å². The molecule has 2 atom stereocenters. The van der Waals surface area contributed by atoms with Crippen LogP contribution in [0.5, 0.6) is 0 Å². The Labute approximate surface area is 117 Å². The van der Waals surface area contributed by atoms with Gasteiger partial charge in [-0.05, 0) is 36.8 Å². The Morgan fingerprint density at radius 1 is 1.50 bits per heavy atom. The average Bonchev–Trinajstić information content (AvgIpc) is 2.77. The molecule has 1 saturated carbocycles. The Kier molecular flexibility index (Phi) is 4.95. The molecule has 0 saturated heterocycles. The lowest BCUT2D eigenvalue weighted by molar-refractivity contribution is 0.0938. The van der Waals surface area contributed by atoms with Crippen LogP contribution < -0.4 is 5.32 Å². The number of benzene rings is 1. The molecule has 1 aromatic carbocycles. The smallest absolute Gasteiger partial charge is 0.251 e. The Hall–Kier alpha value is -0.670. The Balaban J connectivity index is 1.98. The summed E-state index contributed by atoms with van der Waals surface area (Å²) in [4.78, 5) is 12.1. The first-order valence-corrected chi connectivity index (χ1v) is 7.81. The van der Waals surface area contributed by atoms with E-state index in [0.29, 0.717) is 21.9 Å². The lowest BCUT2D eigenvalue weighted by Gasteiger charge is -2.20. The molecule has 1 amide bonds. The zero-order valence-corrected chi connectivity index (χ0v) is 12.1. The molecule has 18 heavy (non-hydrogen) atoms. The van der Waals surface area contributed by atoms with Crippen LogP contribution in [0, 0.1) is 0 Å². The molecule has 0 aliphatic heterocycles. The van der Waals surface area contributed by atoms with Crippen molar-refractivity contribution in [2.75, 3.05) is 5.75 Å². The Bertz CT molecular complexity index is 424. The summed E-state index contributed by atoms with van der Waals surface area (Å²) >= 11 is 7.85. The Morgan fingerprint density at radius 2 is 2.33 bits per heavy atom. The van der Waals surface area contributed by atoms with E-state index in [-0.39, 0.29) is 5.91 Å². The topological polar surface area (TPSA) is 29.1 Å². The van der Waals surface area contributed by atoms with Crippen molar-refractivity contribution in [3.63, 3.8) is 0 Å². The molecule has 0 radical (unpaired) electrons. The second-order valence-electron chi connectivity index (χ2n) is 4.51. The van der Waals surface area contributed by atoms with E-state index in [1.807, 2.05) is 17.8 Å². The summed E-state index contributed by atoms with van der Waals surface area (Å²) in [6.45, 7) is 2.17. The van der Waals surface area contributed by atoms with Gasteiger partial charge in [0, 0.05) is 21.9 Å². The predicted molar refractivity (Wildman–Crippen MR) is 78.5 cm³/mol. The largest absolute Gasteiger partial charge is 0.348 e. The SMILES string of the molecule is CCS[C@@H]1CCC[C@H]1NC(=O)c1cccc(Cl)c1. The van der Waals surface area contributed by atoms with Crippen molar-refractivity contribution in [3.8, 4) is 0 Å². The van der Waals surface area contributed by atoms with Crippen LogP contribution in [0.25, 0.3) is 0 Å². The summed E-state index contributed by atoms with van der Waals surface area (Å²) in [5.41, 5.74) is 0.648. The lowest BCUT2D eigenvalue weighted by atomic mass is 10.2. The molecule has 2 rings (SSSR count). The number of hydrogen-bond acceptors (Lipinski definition) is 2. The van der Waals surface area contributed by atoms with E-state index < -0.39 is 0 Å². The number of hydrogen-bond donors (Lipinski definition) is 1. The number of halogens is 1. The van der Waals surface area contributed by atoms with Crippen molar-refractivity contribution in [1.29, 1.82) is 0 Å². The zero-order valence-electron chi connectivity index (χ0n) is 10.5. The van der Waals surface area contributed by atoms with E-state index >= 15 is 0 Å². The Morgan fingerprint density at radius 3 is 3.06 bits per heavy atom. The molecule has 1 N–H and O–H groups in total. The van der Waals surface area contributed by atoms with Gasteiger partial charge in [-0.25, -0.2) is 0 Å². The minimum Gasteiger partial charge on any atom is -0.348 e. The van der Waals surface area contributed by atoms with Crippen molar-refractivity contribution in [2.45, 2.75) is 37.5 Å². The summed E-state index contributed by atoms with van der Waals surface area (Å²) in [5.74, 6) is 1.10. The maximum Gasteiger partial charge on any atom is 0.251 e. The molecular formula is C14H18ClNOS. The summed E-state index contributed by atoms with van der Waals surface area (Å²) < 4.78 is 0. The summed E-state index contributed by atoms with van der Waals surface area (Å²) in [6, 6.07) is 7.42. The third-order valence-electron chi connectivity index (χ3n) is 3.24. The van der Waals surface area contributed by atoms with Gasteiger partial charge in [-0.15, -0.1) is 0 Å². The van der Waals surface area contributed by atoms with Crippen LogP contribution in [0.1, 0.15) is 36.5 Å². The highest BCUT2D eigenvalue weighted by Crippen LogP contribution is 2.30. The molecule has 1 aliphatic rings. The molecule has 0 unspecified atom stereocenters. The molecule has 98 valence electrons. The molecule has 4 heteroatoms. The van der Waals surface area contributed by atoms with Gasteiger partial charge in [0.2, 0.25) is 0 Å². The lowest BCUT2D eigenvalue weighted by Crippen LogP contribution is -2.38. The summed E-state index contributed by atoms with van der Waals surface area (Å²) in [5, 5.41) is 4.31. The first-order chi connectivity index (χ1) is 8.70. The van der Waals surface area contributed by atoms with Crippen LogP contribution in [-0.2, 0) is 0 Å². The highest BCUT2D eigenvalue weighted by Gasteiger charge is 2.28. The van der Waals surface area contributed by atoms with Gasteiger partial charge in [-0.2, -0.15) is 11.8 Å². The first kappa shape index (κ1) is 13.8. The van der Waals surface area contributed by atoms with Gasteiger partial charge in [0.25, 0.3) is 5.91 Å². The fourth-order valence-electron chi connectivity index (χ4n) is 2.39. The van der Waals surface area contributed by atoms with E-state index in [1.54, 1.807) is 18.2 Å². The molecule has 1 aliphatic carbocycles. The van der Waals surface area contributed by atoms with Gasteiger partial charge >= 0.3 is 0 Å². The molecular weight excluding hydrogens is 266 g/mol. The normalized spacial score (nSPS) is 23.0. The molecule has 0 heterocycles. The second kappa shape index (κ2) is 6.48. The molecule has 1 aromatic rings. The van der Waals surface area contributed by atoms with Crippen LogP contribution in [-0.4, -0.2) is 23.0 Å². The van der Waals surface area contributed by atoms with Crippen LogP contribution in [0.2, 0.25) is 5.02 Å². The van der Waals surface area contributed by atoms with E-state index in [2.05, 4.69) is 12.2 Å². The van der Waals surface area contributed by atoms with Crippen LogP contribution in [0.3, 0.4) is 0 Å². The number of carbonyl (C=O) groups is 1. The predicted octanol–water partition coefficient (Wildman–Crippen LogP) is 3.74. The molecule has 0 aromatic heterocycles. The van der Waals surface area contributed by atoms with Gasteiger partial charge < -0.3 is 5.32 Å². The molecule has 0 bridgehead atoms. The number of carbonyl (C=O) groups excluding carboxylic acids is 1. The molecule has 0 spiro atoms. The van der Waals surface area contributed by atoms with Crippen molar-refractivity contribution in [3.05, 3.63) is 34.9 Å². The third kappa shape index (κ3) is 3.42. The first-order valence-electron chi connectivity index (χ1n) is 6.38. The van der Waals surface area contributed by atoms with Crippen LogP contribution in [0.15, 0.2) is 24.3 Å². The van der Waals surface area contributed by atoms with Crippen molar-refractivity contribution in [2.24, 2.45) is 0 Å². The van der Waals surface area contributed by atoms with E-state index in [0.717, 1.165) is 12.2 Å². The third-order valence-corrected chi connectivity index (χ3v) is 4.80. The number of thioether (sulfide) groups is 1. The average molecular weight is 284 g/mol. The van der Waals surface area contributed by atoms with Crippen LogP contribution in [0.4, 0.5) is 0 Å². The van der Waals surface area contributed by atoms with Gasteiger partial charge in [0.15, 0.2) is 0 Å². The van der Waals surface area contributed by atoms with Crippen molar-refractivity contribution < 1.29 is 4.79 Å². The highest BCUT2D eigenvalue weighted by atomic mass is 35.5. The second-order valence-corrected chi connectivity index (χ2v) is 6.47. The molecule has 1 fully saturated rings. The summed E-state index contributed by atoms with van der Waals surface area (Å²) in [7, 11) is 0. The minimum atomic E-state index is -0.00824. The number of amides is 1. The number of rotatable bonds is 4. The summed E-state index contributed by atoms with van der Waals surface area (Å²) in [6.07, 6.45) is 3.50. The highest BCUT2D eigenvalue weighted by molar-refractivity contribution is 7.99.